The molecule has 172 valence electrons. The summed E-state index contributed by atoms with van der Waals surface area (Å²) < 4.78 is 0. The van der Waals surface area contributed by atoms with Crippen molar-refractivity contribution in [3.63, 3.8) is 0 Å². The molecule has 2 heterocycles. The maximum Gasteiger partial charge on any atom is 0.229 e. The Morgan fingerprint density at radius 2 is 1.94 bits per heavy atom. The van der Waals surface area contributed by atoms with E-state index >= 15 is 0 Å². The summed E-state index contributed by atoms with van der Waals surface area (Å²) in [6.07, 6.45) is 5.30. The molecule has 0 radical (unpaired) electrons. The maximum atomic E-state index is 11.8. The first kappa shape index (κ1) is 22.6. The smallest absolute Gasteiger partial charge is 0.229 e. The summed E-state index contributed by atoms with van der Waals surface area (Å²) in [4.78, 5) is 25.5. The second kappa shape index (κ2) is 9.92. The van der Waals surface area contributed by atoms with E-state index in [4.69, 9.17) is 17.3 Å². The number of nitrogens with one attached hydrogen (secondary N) is 2. The van der Waals surface area contributed by atoms with E-state index in [0.29, 0.717) is 16.8 Å². The first-order valence-corrected chi connectivity index (χ1v) is 11.7. The Bertz CT molecular complexity index is 961. The summed E-state index contributed by atoms with van der Waals surface area (Å²) in [7, 11) is 2.16. The highest BCUT2D eigenvalue weighted by atomic mass is 35.5. The number of aromatic nitrogens is 2. The van der Waals surface area contributed by atoms with Crippen molar-refractivity contribution in [3.8, 4) is 0 Å². The van der Waals surface area contributed by atoms with Gasteiger partial charge in [0.25, 0.3) is 0 Å². The van der Waals surface area contributed by atoms with Crippen molar-refractivity contribution >= 4 is 40.6 Å². The lowest BCUT2D eigenvalue weighted by atomic mass is 9.84. The number of aryl methyl sites for hydroxylation is 1. The fourth-order valence-corrected chi connectivity index (χ4v) is 4.66. The number of piperazine rings is 1. The zero-order valence-electron chi connectivity index (χ0n) is 18.8. The van der Waals surface area contributed by atoms with Crippen molar-refractivity contribution in [3.05, 3.63) is 35.0 Å². The van der Waals surface area contributed by atoms with Crippen LogP contribution in [0.15, 0.2) is 24.4 Å². The van der Waals surface area contributed by atoms with Gasteiger partial charge in [0, 0.05) is 43.6 Å². The van der Waals surface area contributed by atoms with Crippen LogP contribution in [-0.4, -0.2) is 60.0 Å². The zero-order valence-corrected chi connectivity index (χ0v) is 19.5. The second-order valence-electron chi connectivity index (χ2n) is 8.85. The Morgan fingerprint density at radius 1 is 1.19 bits per heavy atom. The summed E-state index contributed by atoms with van der Waals surface area (Å²) in [6.45, 7) is 6.30. The average molecular weight is 458 g/mol. The van der Waals surface area contributed by atoms with Crippen LogP contribution in [0.25, 0.3) is 0 Å². The standard InChI is InChI=1S/C23H32ClN7O/c1-15-13-16(31-11-9-30(2)10-12-31)7-8-19(15)28-23-26-14-18(24)22(29-23)27-20-6-4-3-5-17(20)21(25)32/h7-8,13-14,17,20H,3-6,9-12H2,1-2H3,(H2,25,32)(H2,26,27,28,29)/t17-,20+/m0/s1. The third-order valence-electron chi connectivity index (χ3n) is 6.52. The van der Waals surface area contributed by atoms with Crippen LogP contribution in [0.5, 0.6) is 0 Å². The molecule has 1 aliphatic carbocycles. The number of hydrogen-bond donors (Lipinski definition) is 3. The summed E-state index contributed by atoms with van der Waals surface area (Å²) in [5, 5.41) is 7.07. The predicted molar refractivity (Wildman–Crippen MR) is 130 cm³/mol. The Morgan fingerprint density at radius 3 is 2.66 bits per heavy atom. The van der Waals surface area contributed by atoms with Crippen LogP contribution >= 0.6 is 11.6 Å². The van der Waals surface area contributed by atoms with Crippen LogP contribution in [0.3, 0.4) is 0 Å². The molecule has 9 heteroatoms. The third kappa shape index (κ3) is 5.24. The Balaban J connectivity index is 1.47. The molecule has 0 unspecified atom stereocenters. The molecule has 32 heavy (non-hydrogen) atoms. The van der Waals surface area contributed by atoms with Crippen molar-refractivity contribution < 1.29 is 4.79 Å². The molecule has 0 bridgehead atoms. The van der Waals surface area contributed by atoms with E-state index in [9.17, 15) is 4.79 Å². The lowest BCUT2D eigenvalue weighted by molar-refractivity contribution is -0.122. The largest absolute Gasteiger partial charge is 0.369 e. The molecule has 4 N–H and O–H groups in total. The van der Waals surface area contributed by atoms with Gasteiger partial charge in [-0.05, 0) is 50.6 Å². The second-order valence-corrected chi connectivity index (χ2v) is 9.26. The fraction of sp³-hybridized carbons (Fsp3) is 0.522. The Labute approximate surface area is 194 Å². The number of hydrogen-bond acceptors (Lipinski definition) is 7. The molecule has 2 fully saturated rings. The number of halogens is 1. The van der Waals surface area contributed by atoms with Gasteiger partial charge >= 0.3 is 0 Å². The monoisotopic (exact) mass is 457 g/mol. The van der Waals surface area contributed by atoms with Crippen LogP contribution in [0.2, 0.25) is 5.02 Å². The van der Waals surface area contributed by atoms with Gasteiger partial charge in [-0.3, -0.25) is 4.79 Å². The van der Waals surface area contributed by atoms with E-state index in [0.717, 1.165) is 63.1 Å². The van der Waals surface area contributed by atoms with E-state index in [1.54, 1.807) is 6.20 Å². The van der Waals surface area contributed by atoms with Crippen LogP contribution in [0, 0.1) is 12.8 Å². The molecule has 1 aromatic carbocycles. The zero-order chi connectivity index (χ0) is 22.7. The van der Waals surface area contributed by atoms with Crippen molar-refractivity contribution in [2.24, 2.45) is 11.7 Å². The number of amides is 1. The minimum Gasteiger partial charge on any atom is -0.369 e. The SMILES string of the molecule is Cc1cc(N2CCN(C)CC2)ccc1Nc1ncc(Cl)c(N[C@@H]2CCCC[C@@H]2C(N)=O)n1. The van der Waals surface area contributed by atoms with Gasteiger partial charge in [-0.2, -0.15) is 4.98 Å². The number of rotatable bonds is 6. The van der Waals surface area contributed by atoms with Crippen molar-refractivity contribution in [1.82, 2.24) is 14.9 Å². The molecule has 2 aliphatic rings. The van der Waals surface area contributed by atoms with Crippen LogP contribution < -0.4 is 21.3 Å². The number of anilines is 4. The molecular formula is C23H32ClN7O. The predicted octanol–water partition coefficient (Wildman–Crippen LogP) is 3.39. The van der Waals surface area contributed by atoms with Crippen LogP contribution in [0.1, 0.15) is 31.2 Å². The molecule has 1 aromatic heterocycles. The molecule has 1 aliphatic heterocycles. The van der Waals surface area contributed by atoms with Gasteiger partial charge in [0.15, 0.2) is 5.82 Å². The molecule has 1 amide bonds. The van der Waals surface area contributed by atoms with E-state index in [1.165, 1.54) is 5.69 Å². The Hall–Kier alpha value is -2.58. The lowest BCUT2D eigenvalue weighted by Crippen LogP contribution is -2.44. The summed E-state index contributed by atoms with van der Waals surface area (Å²) >= 11 is 6.35. The van der Waals surface area contributed by atoms with Gasteiger partial charge in [-0.25, -0.2) is 4.98 Å². The minimum absolute atomic E-state index is 0.0638. The van der Waals surface area contributed by atoms with E-state index in [-0.39, 0.29) is 17.9 Å². The summed E-state index contributed by atoms with van der Waals surface area (Å²) in [5.74, 6) is 0.491. The highest BCUT2D eigenvalue weighted by Gasteiger charge is 2.30. The number of carbonyl (C=O) groups excluding carboxylic acids is 1. The molecule has 2 atom stereocenters. The fourth-order valence-electron chi connectivity index (χ4n) is 4.52. The maximum absolute atomic E-state index is 11.8. The molecule has 8 nitrogen and oxygen atoms in total. The van der Waals surface area contributed by atoms with E-state index in [2.05, 4.69) is 62.6 Å². The van der Waals surface area contributed by atoms with Crippen LogP contribution in [0.4, 0.5) is 23.1 Å². The van der Waals surface area contributed by atoms with Crippen LogP contribution in [-0.2, 0) is 4.79 Å². The summed E-state index contributed by atoms with van der Waals surface area (Å²) in [5.41, 5.74) is 8.91. The quantitative estimate of drug-likeness (QED) is 0.611. The number of nitrogens with zero attached hydrogens (tertiary/aromatic N) is 4. The lowest BCUT2D eigenvalue weighted by Gasteiger charge is -2.34. The van der Waals surface area contributed by atoms with E-state index < -0.39 is 0 Å². The highest BCUT2D eigenvalue weighted by molar-refractivity contribution is 6.32. The van der Waals surface area contributed by atoms with Gasteiger partial charge in [-0.15, -0.1) is 0 Å². The molecule has 4 rings (SSSR count). The molecule has 2 aromatic rings. The molecular weight excluding hydrogens is 426 g/mol. The van der Waals surface area contributed by atoms with Gasteiger partial charge in [0.2, 0.25) is 11.9 Å². The van der Waals surface area contributed by atoms with Crippen molar-refractivity contribution in [2.75, 3.05) is 48.8 Å². The van der Waals surface area contributed by atoms with Gasteiger partial charge in [-0.1, -0.05) is 24.4 Å². The van der Waals surface area contributed by atoms with Gasteiger partial charge in [0.05, 0.1) is 12.1 Å². The number of nitrogens with two attached hydrogens (primary N) is 1. The Kier molecular flexibility index (Phi) is 7.01. The van der Waals surface area contributed by atoms with Gasteiger partial charge < -0.3 is 26.2 Å². The van der Waals surface area contributed by atoms with Crippen molar-refractivity contribution in [1.29, 1.82) is 0 Å². The number of benzene rings is 1. The minimum atomic E-state index is -0.276. The van der Waals surface area contributed by atoms with Gasteiger partial charge in [0.1, 0.15) is 5.02 Å². The number of likely N-dealkylation sites (N-methyl/N-ethyl adjacent to an activating group) is 1. The molecule has 1 saturated carbocycles. The molecule has 1 saturated heterocycles. The summed E-state index contributed by atoms with van der Waals surface area (Å²) in [6, 6.07) is 6.33. The third-order valence-corrected chi connectivity index (χ3v) is 6.80. The first-order chi connectivity index (χ1) is 15.4. The molecule has 0 spiro atoms. The van der Waals surface area contributed by atoms with E-state index in [1.807, 2.05) is 0 Å². The average Bonchev–Trinajstić information content (AvgIpc) is 2.78. The number of primary amides is 1. The first-order valence-electron chi connectivity index (χ1n) is 11.3. The number of carbonyl (C=O) groups is 1. The topological polar surface area (TPSA) is 99.4 Å². The highest BCUT2D eigenvalue weighted by Crippen LogP contribution is 2.30. The normalized spacial score (nSPS) is 21.9. The van der Waals surface area contributed by atoms with Crippen molar-refractivity contribution in [2.45, 2.75) is 38.6 Å².